The molecule has 178 valence electrons. The van der Waals surface area contributed by atoms with Gasteiger partial charge in [0, 0.05) is 36.1 Å². The van der Waals surface area contributed by atoms with Gasteiger partial charge >= 0.3 is 0 Å². The lowest BCUT2D eigenvalue weighted by Gasteiger charge is -2.08. The first kappa shape index (κ1) is 25.4. The minimum Gasteiger partial charge on any atom is -0.481 e. The molecular formula is C25H27ClFN5O2. The highest BCUT2D eigenvalue weighted by molar-refractivity contribution is 6.30. The fourth-order valence-corrected chi connectivity index (χ4v) is 3.23. The maximum absolute atomic E-state index is 14.1. The fraction of sp³-hybridized carbons (Fsp3) is 0.320. The summed E-state index contributed by atoms with van der Waals surface area (Å²) in [6.45, 7) is 5.70. The van der Waals surface area contributed by atoms with Gasteiger partial charge in [0.2, 0.25) is 5.88 Å². The first-order chi connectivity index (χ1) is 16.5. The number of halogens is 2. The molecule has 1 aliphatic rings. The van der Waals surface area contributed by atoms with Crippen LogP contribution in [0.4, 0.5) is 4.39 Å². The third kappa shape index (κ3) is 7.13. The van der Waals surface area contributed by atoms with Gasteiger partial charge in [-0.25, -0.2) is 29.3 Å². The maximum atomic E-state index is 14.1. The Morgan fingerprint density at radius 1 is 0.941 bits per heavy atom. The molecule has 1 saturated heterocycles. The number of aryl methyl sites for hydroxylation is 2. The molecule has 4 aromatic rings. The first-order valence-corrected chi connectivity index (χ1v) is 11.3. The lowest BCUT2D eigenvalue weighted by Crippen LogP contribution is -2.03. The van der Waals surface area contributed by atoms with Gasteiger partial charge in [-0.05, 0) is 57.4 Å². The lowest BCUT2D eigenvalue weighted by atomic mass is 10.1. The van der Waals surface area contributed by atoms with E-state index in [1.165, 1.54) is 31.7 Å². The van der Waals surface area contributed by atoms with Crippen LogP contribution in [0.2, 0.25) is 5.02 Å². The number of ether oxygens (including phenoxy) is 2. The van der Waals surface area contributed by atoms with E-state index in [2.05, 4.69) is 24.9 Å². The highest BCUT2D eigenvalue weighted by atomic mass is 35.5. The summed E-state index contributed by atoms with van der Waals surface area (Å²) in [5.41, 5.74) is 3.24. The van der Waals surface area contributed by atoms with Crippen LogP contribution in [-0.2, 0) is 4.74 Å². The molecule has 0 atom stereocenters. The number of nitrogens with zero attached hydrogens (tertiary/aromatic N) is 5. The van der Waals surface area contributed by atoms with Crippen LogP contribution in [0.5, 0.6) is 5.88 Å². The molecule has 5 rings (SSSR count). The molecule has 0 radical (unpaired) electrons. The Bertz CT molecular complexity index is 1200. The summed E-state index contributed by atoms with van der Waals surface area (Å²) in [6, 6.07) is 9.98. The van der Waals surface area contributed by atoms with Gasteiger partial charge in [-0.15, -0.1) is 0 Å². The van der Waals surface area contributed by atoms with Crippen LogP contribution in [0.15, 0.2) is 48.9 Å². The van der Waals surface area contributed by atoms with Crippen LogP contribution >= 0.6 is 11.6 Å². The maximum Gasteiger partial charge on any atom is 0.212 e. The highest BCUT2D eigenvalue weighted by Gasteiger charge is 2.14. The highest BCUT2D eigenvalue weighted by Crippen LogP contribution is 2.27. The Kier molecular flexibility index (Phi) is 9.61. The van der Waals surface area contributed by atoms with Crippen molar-refractivity contribution in [2.75, 3.05) is 20.3 Å². The van der Waals surface area contributed by atoms with Crippen molar-refractivity contribution in [2.24, 2.45) is 0 Å². The van der Waals surface area contributed by atoms with E-state index in [1.807, 2.05) is 26.0 Å². The summed E-state index contributed by atoms with van der Waals surface area (Å²) in [5, 5.41) is 0.336. The molecule has 7 nitrogen and oxygen atoms in total. The monoisotopic (exact) mass is 483 g/mol. The largest absolute Gasteiger partial charge is 0.481 e. The van der Waals surface area contributed by atoms with Crippen molar-refractivity contribution in [3.05, 3.63) is 71.2 Å². The summed E-state index contributed by atoms with van der Waals surface area (Å²) in [6.07, 6.45) is 6.98. The van der Waals surface area contributed by atoms with Crippen molar-refractivity contribution in [1.29, 1.82) is 0 Å². The van der Waals surface area contributed by atoms with E-state index >= 15 is 0 Å². The molecule has 1 aromatic carbocycles. The molecule has 0 amide bonds. The zero-order chi connectivity index (χ0) is 24.3. The van der Waals surface area contributed by atoms with Gasteiger partial charge in [-0.3, -0.25) is 0 Å². The van der Waals surface area contributed by atoms with Gasteiger partial charge in [-0.1, -0.05) is 17.7 Å². The molecule has 9 heteroatoms. The van der Waals surface area contributed by atoms with Crippen molar-refractivity contribution in [2.45, 2.75) is 33.1 Å². The van der Waals surface area contributed by atoms with Crippen LogP contribution < -0.4 is 4.74 Å². The first-order valence-electron chi connectivity index (χ1n) is 10.9. The molecule has 0 bridgehead atoms. The normalized spacial score (nSPS) is 12.7. The van der Waals surface area contributed by atoms with Crippen LogP contribution in [-0.4, -0.2) is 45.2 Å². The van der Waals surface area contributed by atoms with E-state index in [-0.39, 0.29) is 0 Å². The van der Waals surface area contributed by atoms with Crippen molar-refractivity contribution in [1.82, 2.24) is 24.9 Å². The average Bonchev–Trinajstić information content (AvgIpc) is 2.87. The van der Waals surface area contributed by atoms with Gasteiger partial charge in [-0.2, -0.15) is 0 Å². The number of hydrogen-bond acceptors (Lipinski definition) is 7. The summed E-state index contributed by atoms with van der Waals surface area (Å²) >= 11 is 5.77. The third-order valence-electron chi connectivity index (χ3n) is 4.99. The zero-order valence-corrected chi connectivity index (χ0v) is 20.2. The third-order valence-corrected chi connectivity index (χ3v) is 5.23. The quantitative estimate of drug-likeness (QED) is 0.357. The predicted molar refractivity (Wildman–Crippen MR) is 130 cm³/mol. The number of rotatable bonds is 2. The number of fused-ring (bicyclic) bond motifs is 1. The van der Waals surface area contributed by atoms with Crippen molar-refractivity contribution in [3.8, 4) is 17.1 Å². The Hall–Kier alpha value is -3.23. The van der Waals surface area contributed by atoms with Crippen LogP contribution in [0, 0.1) is 19.7 Å². The SMILES string of the molecule is C1CCOCC1.COc1ccccn1.Cc1nc2ncnc(-c3ccc(Cl)cc3F)c2nc1C. The van der Waals surface area contributed by atoms with E-state index in [1.54, 1.807) is 31.5 Å². The number of methoxy groups -OCH3 is 1. The summed E-state index contributed by atoms with van der Waals surface area (Å²) in [5.74, 6) is 0.213. The van der Waals surface area contributed by atoms with Gasteiger partial charge in [0.25, 0.3) is 0 Å². The Balaban J connectivity index is 0.000000188. The molecule has 0 unspecified atom stereocenters. The fourth-order valence-electron chi connectivity index (χ4n) is 3.08. The number of benzene rings is 1. The second-order valence-electron chi connectivity index (χ2n) is 7.46. The smallest absolute Gasteiger partial charge is 0.212 e. The second-order valence-corrected chi connectivity index (χ2v) is 7.89. The van der Waals surface area contributed by atoms with E-state index in [0.717, 1.165) is 24.6 Å². The average molecular weight is 484 g/mol. The molecule has 4 heterocycles. The van der Waals surface area contributed by atoms with E-state index in [9.17, 15) is 4.39 Å². The lowest BCUT2D eigenvalue weighted by molar-refractivity contribution is 0.0968. The molecule has 0 N–H and O–H groups in total. The van der Waals surface area contributed by atoms with Crippen LogP contribution in [0.1, 0.15) is 30.7 Å². The van der Waals surface area contributed by atoms with Gasteiger partial charge in [0.1, 0.15) is 23.4 Å². The Morgan fingerprint density at radius 3 is 2.26 bits per heavy atom. The van der Waals surface area contributed by atoms with E-state index in [4.69, 9.17) is 21.1 Å². The summed E-state index contributed by atoms with van der Waals surface area (Å²) in [7, 11) is 1.60. The van der Waals surface area contributed by atoms with Gasteiger partial charge in [0.15, 0.2) is 5.65 Å². The van der Waals surface area contributed by atoms with Crippen LogP contribution in [0.3, 0.4) is 0 Å². The molecule has 34 heavy (non-hydrogen) atoms. The van der Waals surface area contributed by atoms with E-state index < -0.39 is 5.82 Å². The molecule has 1 aliphatic heterocycles. The minimum atomic E-state index is -0.447. The summed E-state index contributed by atoms with van der Waals surface area (Å²) < 4.78 is 23.9. The molecule has 1 fully saturated rings. The predicted octanol–water partition coefficient (Wildman–Crippen LogP) is 5.77. The minimum absolute atomic E-state index is 0.333. The topological polar surface area (TPSA) is 82.9 Å². The molecule has 0 saturated carbocycles. The molecule has 0 aliphatic carbocycles. The van der Waals surface area contributed by atoms with Gasteiger partial charge < -0.3 is 9.47 Å². The van der Waals surface area contributed by atoms with E-state index in [0.29, 0.717) is 33.3 Å². The van der Waals surface area contributed by atoms with Crippen molar-refractivity contribution < 1.29 is 13.9 Å². The zero-order valence-electron chi connectivity index (χ0n) is 19.5. The Morgan fingerprint density at radius 2 is 1.71 bits per heavy atom. The second kappa shape index (κ2) is 12.9. The van der Waals surface area contributed by atoms with Crippen LogP contribution in [0.25, 0.3) is 22.4 Å². The molecule has 3 aromatic heterocycles. The number of pyridine rings is 1. The Labute approximate surface area is 203 Å². The van der Waals surface area contributed by atoms with Gasteiger partial charge in [0.05, 0.1) is 18.5 Å². The standard InChI is InChI=1S/C14H10ClFN4.C6H7NO.C5H10O/c1-7-8(2)20-14-13(19-7)12(17-6-18-14)10-4-3-9(15)5-11(10)16;1-8-6-4-2-3-5-7-6;1-2-4-6-5-3-1/h3-6H,1-2H3;2-5H,1H3;1-5H2. The molecule has 0 spiro atoms. The summed E-state index contributed by atoms with van der Waals surface area (Å²) in [4.78, 5) is 20.9. The van der Waals surface area contributed by atoms with Crippen molar-refractivity contribution >= 4 is 22.8 Å². The molecular weight excluding hydrogens is 457 g/mol. The van der Waals surface area contributed by atoms with Crippen molar-refractivity contribution in [3.63, 3.8) is 0 Å². The number of aromatic nitrogens is 5. The number of hydrogen-bond donors (Lipinski definition) is 0.